The van der Waals surface area contributed by atoms with Gasteiger partial charge in [-0.25, -0.2) is 9.78 Å². The summed E-state index contributed by atoms with van der Waals surface area (Å²) >= 11 is 7.12. The van der Waals surface area contributed by atoms with E-state index in [0.717, 1.165) is 10.2 Å². The predicted octanol–water partition coefficient (Wildman–Crippen LogP) is 3.69. The lowest BCUT2D eigenvalue weighted by Gasteiger charge is -2.05. The number of carbonyl (C=O) groups excluding carboxylic acids is 1. The minimum Gasteiger partial charge on any atom is -0.438 e. The van der Waals surface area contributed by atoms with Crippen LogP contribution < -0.4 is 5.56 Å². The largest absolute Gasteiger partial charge is 0.438 e. The number of nitrogens with zero attached hydrogens (tertiary/aromatic N) is 4. The Balaban J connectivity index is 1.54. The maximum absolute atomic E-state index is 12.5. The zero-order valence-electron chi connectivity index (χ0n) is 14.6. The SMILES string of the molecule is Cc1nc(-c2ccc(Cl)cc2)sc1C(=O)OCn1nnc2ccccc2c1=O. The van der Waals surface area contributed by atoms with Crippen LogP contribution in [0.3, 0.4) is 0 Å². The summed E-state index contributed by atoms with van der Waals surface area (Å²) in [5.74, 6) is -0.572. The van der Waals surface area contributed by atoms with Crippen molar-refractivity contribution < 1.29 is 9.53 Å². The summed E-state index contributed by atoms with van der Waals surface area (Å²) < 4.78 is 6.27. The van der Waals surface area contributed by atoms with Crippen LogP contribution in [0.25, 0.3) is 21.5 Å². The molecular weight excluding hydrogens is 400 g/mol. The number of aromatic nitrogens is 4. The van der Waals surface area contributed by atoms with Crippen molar-refractivity contribution in [3.63, 3.8) is 0 Å². The molecule has 0 atom stereocenters. The molecule has 140 valence electrons. The minimum atomic E-state index is -0.572. The van der Waals surface area contributed by atoms with Crippen LogP contribution in [0, 0.1) is 6.92 Å². The van der Waals surface area contributed by atoms with E-state index in [1.807, 2.05) is 12.1 Å². The number of aryl methyl sites for hydroxylation is 1. The summed E-state index contributed by atoms with van der Waals surface area (Å²) in [6, 6.07) is 14.0. The number of fused-ring (bicyclic) bond motifs is 1. The van der Waals surface area contributed by atoms with Gasteiger partial charge in [-0.15, -0.1) is 16.4 Å². The van der Waals surface area contributed by atoms with Crippen molar-refractivity contribution in [1.82, 2.24) is 20.0 Å². The number of rotatable bonds is 4. The lowest BCUT2D eigenvalue weighted by molar-refractivity contribution is 0.0341. The Kier molecular flexibility index (Phi) is 4.89. The molecule has 0 bridgehead atoms. The predicted molar refractivity (Wildman–Crippen MR) is 107 cm³/mol. The number of thiazole rings is 1. The van der Waals surface area contributed by atoms with E-state index in [1.165, 1.54) is 11.3 Å². The molecule has 7 nitrogen and oxygen atoms in total. The summed E-state index contributed by atoms with van der Waals surface area (Å²) in [6.45, 7) is 1.40. The third kappa shape index (κ3) is 3.51. The van der Waals surface area contributed by atoms with Crippen LogP contribution in [0.1, 0.15) is 15.4 Å². The quantitative estimate of drug-likeness (QED) is 0.475. The second-order valence-corrected chi connectivity index (χ2v) is 7.35. The Hall–Kier alpha value is -3.10. The maximum atomic E-state index is 12.5. The number of hydrogen-bond donors (Lipinski definition) is 0. The standard InChI is InChI=1S/C19H13ClN4O3S/c1-11-16(28-17(21-11)12-6-8-13(20)9-7-12)19(26)27-10-24-18(25)14-4-2-3-5-15(14)22-23-24/h2-9H,10H2,1H3. The molecule has 0 aliphatic rings. The number of ether oxygens (including phenoxy) is 1. The minimum absolute atomic E-state index is 0.330. The van der Waals surface area contributed by atoms with E-state index in [1.54, 1.807) is 43.3 Å². The molecule has 4 aromatic rings. The van der Waals surface area contributed by atoms with E-state index in [9.17, 15) is 9.59 Å². The molecule has 9 heteroatoms. The second-order valence-electron chi connectivity index (χ2n) is 5.91. The molecule has 2 aromatic carbocycles. The van der Waals surface area contributed by atoms with E-state index in [2.05, 4.69) is 15.3 Å². The van der Waals surface area contributed by atoms with Crippen LogP contribution in [0.2, 0.25) is 5.02 Å². The molecule has 28 heavy (non-hydrogen) atoms. The molecule has 0 spiro atoms. The Labute approximate surface area is 168 Å². The third-order valence-corrected chi connectivity index (χ3v) is 5.46. The van der Waals surface area contributed by atoms with E-state index in [0.29, 0.717) is 31.5 Å². The highest BCUT2D eigenvalue weighted by Crippen LogP contribution is 2.29. The zero-order valence-corrected chi connectivity index (χ0v) is 16.2. The van der Waals surface area contributed by atoms with Crippen molar-refractivity contribution in [2.24, 2.45) is 0 Å². The van der Waals surface area contributed by atoms with Crippen LogP contribution in [0.5, 0.6) is 0 Å². The molecule has 2 heterocycles. The van der Waals surface area contributed by atoms with Gasteiger partial charge in [0.05, 0.1) is 11.1 Å². The van der Waals surface area contributed by atoms with E-state index in [-0.39, 0.29) is 12.3 Å². The van der Waals surface area contributed by atoms with Gasteiger partial charge in [0.25, 0.3) is 5.56 Å². The van der Waals surface area contributed by atoms with Crippen molar-refractivity contribution in [2.45, 2.75) is 13.7 Å². The first-order valence-electron chi connectivity index (χ1n) is 8.26. The van der Waals surface area contributed by atoms with Gasteiger partial charge in [-0.1, -0.05) is 41.1 Å². The van der Waals surface area contributed by atoms with Crippen molar-refractivity contribution in [2.75, 3.05) is 0 Å². The van der Waals surface area contributed by atoms with Gasteiger partial charge in [-0.05, 0) is 31.2 Å². The fourth-order valence-electron chi connectivity index (χ4n) is 2.60. The first-order chi connectivity index (χ1) is 13.5. The summed E-state index contributed by atoms with van der Waals surface area (Å²) in [6.07, 6.45) is 0. The average molecular weight is 413 g/mol. The normalized spacial score (nSPS) is 10.9. The summed E-state index contributed by atoms with van der Waals surface area (Å²) in [4.78, 5) is 29.7. The third-order valence-electron chi connectivity index (χ3n) is 4.02. The first kappa shape index (κ1) is 18.3. The fourth-order valence-corrected chi connectivity index (χ4v) is 3.69. The van der Waals surface area contributed by atoms with Gasteiger partial charge in [-0.3, -0.25) is 4.79 Å². The van der Waals surface area contributed by atoms with E-state index >= 15 is 0 Å². The molecule has 2 aromatic heterocycles. The van der Waals surface area contributed by atoms with Crippen molar-refractivity contribution in [3.8, 4) is 10.6 Å². The molecule has 0 amide bonds. The fraction of sp³-hybridized carbons (Fsp3) is 0.105. The van der Waals surface area contributed by atoms with Gasteiger partial charge in [0.2, 0.25) is 0 Å². The van der Waals surface area contributed by atoms with Crippen LogP contribution in [-0.4, -0.2) is 25.9 Å². The van der Waals surface area contributed by atoms with Gasteiger partial charge >= 0.3 is 5.97 Å². The Morgan fingerprint density at radius 2 is 1.93 bits per heavy atom. The van der Waals surface area contributed by atoms with Gasteiger partial charge in [0.15, 0.2) is 6.73 Å². The highest BCUT2D eigenvalue weighted by molar-refractivity contribution is 7.17. The molecule has 4 rings (SSSR count). The molecule has 0 saturated carbocycles. The maximum Gasteiger partial charge on any atom is 0.352 e. The molecule has 0 unspecified atom stereocenters. The summed E-state index contributed by atoms with van der Waals surface area (Å²) in [5.41, 5.74) is 1.52. The van der Waals surface area contributed by atoms with Crippen LogP contribution in [0.4, 0.5) is 0 Å². The van der Waals surface area contributed by atoms with Crippen LogP contribution >= 0.6 is 22.9 Å². The van der Waals surface area contributed by atoms with Gasteiger partial charge in [0, 0.05) is 10.6 Å². The number of carbonyl (C=O) groups is 1. The number of esters is 1. The lowest BCUT2D eigenvalue weighted by atomic mass is 10.2. The van der Waals surface area contributed by atoms with Crippen molar-refractivity contribution in [1.29, 1.82) is 0 Å². The van der Waals surface area contributed by atoms with Gasteiger partial charge in [-0.2, -0.15) is 4.68 Å². The second kappa shape index (κ2) is 7.49. The summed E-state index contributed by atoms with van der Waals surface area (Å²) in [7, 11) is 0. The Morgan fingerprint density at radius 3 is 2.71 bits per heavy atom. The van der Waals surface area contributed by atoms with Crippen molar-refractivity contribution in [3.05, 3.63) is 74.5 Å². The highest BCUT2D eigenvalue weighted by Gasteiger charge is 2.18. The van der Waals surface area contributed by atoms with Crippen LogP contribution in [0.15, 0.2) is 53.3 Å². The first-order valence-corrected chi connectivity index (χ1v) is 9.45. The van der Waals surface area contributed by atoms with Gasteiger partial charge in [0.1, 0.15) is 15.4 Å². The van der Waals surface area contributed by atoms with E-state index in [4.69, 9.17) is 16.3 Å². The molecule has 0 N–H and O–H groups in total. The van der Waals surface area contributed by atoms with Crippen LogP contribution in [-0.2, 0) is 11.5 Å². The number of benzene rings is 2. The highest BCUT2D eigenvalue weighted by atomic mass is 35.5. The average Bonchev–Trinajstić information content (AvgIpc) is 3.10. The molecular formula is C19H13ClN4O3S. The molecule has 0 radical (unpaired) electrons. The zero-order chi connectivity index (χ0) is 19.7. The molecule has 0 aliphatic carbocycles. The topological polar surface area (TPSA) is 87.0 Å². The molecule has 0 fully saturated rings. The Bertz CT molecular complexity index is 1230. The number of halogens is 1. The lowest BCUT2D eigenvalue weighted by Crippen LogP contribution is -2.26. The summed E-state index contributed by atoms with van der Waals surface area (Å²) in [5, 5.41) is 9.49. The smallest absolute Gasteiger partial charge is 0.352 e. The monoisotopic (exact) mass is 412 g/mol. The van der Waals surface area contributed by atoms with Crippen molar-refractivity contribution >= 4 is 39.8 Å². The molecule has 0 aliphatic heterocycles. The van der Waals surface area contributed by atoms with Gasteiger partial charge < -0.3 is 4.74 Å². The number of hydrogen-bond acceptors (Lipinski definition) is 7. The Morgan fingerprint density at radius 1 is 1.18 bits per heavy atom. The van der Waals surface area contributed by atoms with E-state index < -0.39 is 5.97 Å². The molecule has 0 saturated heterocycles.